The number of carbonyl (C=O) groups excluding carboxylic acids is 3. The van der Waals surface area contributed by atoms with Crippen LogP contribution in [0, 0.1) is 13.8 Å². The molecule has 172 valence electrons. The number of hydrogen-bond donors (Lipinski definition) is 2. The highest BCUT2D eigenvalue weighted by Crippen LogP contribution is 2.20. The minimum absolute atomic E-state index is 0.0524. The standard InChI is InChI=1S/C19H24N6O2.C3H7NO/c1-12-19(13(2)25(23-12)11-18(27)24(3)4)22-17(26)10-9-16-20-14-7-5-6-8-15(14)21-16;1-4(2)3-5/h5-8H,9-11H2,1-4H3,(H,20,21)(H,22,26);3H,1-2H3. The number of nitrogens with one attached hydrogen (secondary N) is 2. The van der Waals surface area contributed by atoms with E-state index in [4.69, 9.17) is 0 Å². The van der Waals surface area contributed by atoms with Crippen molar-refractivity contribution in [1.82, 2.24) is 29.5 Å². The fourth-order valence-electron chi connectivity index (χ4n) is 2.86. The molecule has 10 nitrogen and oxygen atoms in total. The van der Waals surface area contributed by atoms with E-state index in [9.17, 15) is 14.4 Å². The maximum atomic E-state index is 12.4. The molecule has 0 aliphatic heterocycles. The number of nitrogens with zero attached hydrogens (tertiary/aromatic N) is 5. The lowest BCUT2D eigenvalue weighted by atomic mass is 10.2. The number of rotatable bonds is 7. The third kappa shape index (κ3) is 6.66. The van der Waals surface area contributed by atoms with Gasteiger partial charge >= 0.3 is 0 Å². The topological polar surface area (TPSA) is 116 Å². The van der Waals surface area contributed by atoms with Gasteiger partial charge in [-0.1, -0.05) is 12.1 Å². The molecule has 0 aliphatic carbocycles. The first-order chi connectivity index (χ1) is 15.1. The van der Waals surface area contributed by atoms with Gasteiger partial charge in [0.15, 0.2) is 0 Å². The third-order valence-electron chi connectivity index (χ3n) is 4.67. The Kier molecular flexibility index (Phi) is 8.51. The second-order valence-electron chi connectivity index (χ2n) is 7.81. The fraction of sp³-hybridized carbons (Fsp3) is 0.409. The second-order valence-corrected chi connectivity index (χ2v) is 7.81. The summed E-state index contributed by atoms with van der Waals surface area (Å²) in [5.41, 5.74) is 3.98. The molecule has 0 fully saturated rings. The minimum Gasteiger partial charge on any atom is -0.351 e. The Morgan fingerprint density at radius 1 is 1.16 bits per heavy atom. The number of aromatic amines is 1. The molecule has 0 atom stereocenters. The molecular weight excluding hydrogens is 410 g/mol. The molecule has 0 aliphatic rings. The van der Waals surface area contributed by atoms with Gasteiger partial charge < -0.3 is 20.1 Å². The van der Waals surface area contributed by atoms with Gasteiger partial charge in [0.25, 0.3) is 0 Å². The molecule has 32 heavy (non-hydrogen) atoms. The summed E-state index contributed by atoms with van der Waals surface area (Å²) in [5.74, 6) is 0.621. The minimum atomic E-state index is -0.111. The van der Waals surface area contributed by atoms with Crippen LogP contribution in [0.2, 0.25) is 0 Å². The van der Waals surface area contributed by atoms with Gasteiger partial charge in [0.2, 0.25) is 18.2 Å². The predicted molar refractivity (Wildman–Crippen MR) is 123 cm³/mol. The molecule has 0 spiro atoms. The van der Waals surface area contributed by atoms with E-state index in [1.807, 2.05) is 38.1 Å². The van der Waals surface area contributed by atoms with E-state index in [2.05, 4.69) is 20.4 Å². The number of aromatic nitrogens is 4. The molecule has 3 amide bonds. The normalized spacial score (nSPS) is 10.3. The van der Waals surface area contributed by atoms with Gasteiger partial charge in [-0.3, -0.25) is 19.1 Å². The van der Waals surface area contributed by atoms with E-state index in [1.165, 1.54) is 9.80 Å². The smallest absolute Gasteiger partial charge is 0.243 e. The van der Waals surface area contributed by atoms with Crippen LogP contribution < -0.4 is 5.32 Å². The second kappa shape index (κ2) is 11.1. The molecule has 0 saturated heterocycles. The van der Waals surface area contributed by atoms with Crippen molar-refractivity contribution in [3.8, 4) is 0 Å². The van der Waals surface area contributed by atoms with Crippen molar-refractivity contribution in [2.45, 2.75) is 33.2 Å². The van der Waals surface area contributed by atoms with E-state index in [1.54, 1.807) is 32.9 Å². The van der Waals surface area contributed by atoms with Gasteiger partial charge in [-0.25, -0.2) is 4.98 Å². The molecule has 2 N–H and O–H groups in total. The van der Waals surface area contributed by atoms with Crippen LogP contribution in [0.1, 0.15) is 23.6 Å². The van der Waals surface area contributed by atoms with Crippen LogP contribution in [-0.4, -0.2) is 76.0 Å². The van der Waals surface area contributed by atoms with Gasteiger partial charge in [-0.2, -0.15) is 5.10 Å². The number of likely N-dealkylation sites (N-methyl/N-ethyl adjacent to an activating group) is 1. The van der Waals surface area contributed by atoms with Crippen molar-refractivity contribution in [2.75, 3.05) is 33.5 Å². The van der Waals surface area contributed by atoms with Crippen LogP contribution >= 0.6 is 0 Å². The summed E-state index contributed by atoms with van der Waals surface area (Å²) in [6.45, 7) is 3.81. The lowest BCUT2D eigenvalue weighted by Crippen LogP contribution is -2.27. The molecule has 2 aromatic heterocycles. The number of benzene rings is 1. The highest BCUT2D eigenvalue weighted by Gasteiger charge is 2.17. The Labute approximate surface area is 187 Å². The number of amides is 3. The monoisotopic (exact) mass is 441 g/mol. The van der Waals surface area contributed by atoms with E-state index in [0.717, 1.165) is 29.0 Å². The van der Waals surface area contributed by atoms with Crippen LogP contribution in [0.4, 0.5) is 5.69 Å². The van der Waals surface area contributed by atoms with Gasteiger partial charge in [-0.15, -0.1) is 0 Å². The number of para-hydroxylation sites is 2. The van der Waals surface area contributed by atoms with Crippen molar-refractivity contribution >= 4 is 34.9 Å². The number of H-pyrrole nitrogens is 1. The molecule has 1 aromatic carbocycles. The van der Waals surface area contributed by atoms with E-state index >= 15 is 0 Å². The van der Waals surface area contributed by atoms with Crippen molar-refractivity contribution in [2.24, 2.45) is 0 Å². The number of aryl methyl sites for hydroxylation is 2. The fourth-order valence-corrected chi connectivity index (χ4v) is 2.86. The maximum absolute atomic E-state index is 12.4. The van der Waals surface area contributed by atoms with Gasteiger partial charge in [0.1, 0.15) is 12.4 Å². The van der Waals surface area contributed by atoms with E-state index in [-0.39, 0.29) is 18.4 Å². The Morgan fingerprint density at radius 2 is 1.81 bits per heavy atom. The zero-order valence-electron chi connectivity index (χ0n) is 19.5. The first-order valence-corrected chi connectivity index (χ1v) is 10.2. The number of carbonyl (C=O) groups is 3. The zero-order chi connectivity index (χ0) is 23.8. The van der Waals surface area contributed by atoms with E-state index < -0.39 is 0 Å². The molecule has 0 bridgehead atoms. The third-order valence-corrected chi connectivity index (χ3v) is 4.67. The Balaban J connectivity index is 0.000000654. The summed E-state index contributed by atoms with van der Waals surface area (Å²) in [5, 5.41) is 7.29. The van der Waals surface area contributed by atoms with Crippen molar-refractivity contribution in [3.63, 3.8) is 0 Å². The van der Waals surface area contributed by atoms with Crippen LogP contribution in [0.25, 0.3) is 11.0 Å². The molecule has 0 saturated carbocycles. The molecule has 3 aromatic rings. The number of hydrogen-bond acceptors (Lipinski definition) is 5. The molecular formula is C22H31N7O3. The van der Waals surface area contributed by atoms with Crippen LogP contribution in [0.5, 0.6) is 0 Å². The summed E-state index contributed by atoms with van der Waals surface area (Å²) in [6.07, 6.45) is 1.58. The first-order valence-electron chi connectivity index (χ1n) is 10.2. The molecule has 0 unspecified atom stereocenters. The number of anilines is 1. The maximum Gasteiger partial charge on any atom is 0.243 e. The summed E-state index contributed by atoms with van der Waals surface area (Å²) in [7, 11) is 6.78. The predicted octanol–water partition coefficient (Wildman–Crippen LogP) is 1.74. The zero-order valence-corrected chi connectivity index (χ0v) is 19.5. The van der Waals surface area contributed by atoms with Gasteiger partial charge in [0.05, 0.1) is 28.1 Å². The van der Waals surface area contributed by atoms with Gasteiger partial charge in [-0.05, 0) is 26.0 Å². The van der Waals surface area contributed by atoms with Crippen LogP contribution in [-0.2, 0) is 27.3 Å². The summed E-state index contributed by atoms with van der Waals surface area (Å²) in [6, 6.07) is 7.78. The largest absolute Gasteiger partial charge is 0.351 e. The van der Waals surface area contributed by atoms with Crippen molar-refractivity contribution in [3.05, 3.63) is 41.5 Å². The average Bonchev–Trinajstić information content (AvgIpc) is 3.28. The molecule has 3 rings (SSSR count). The number of imidazole rings is 1. The average molecular weight is 442 g/mol. The Hall–Kier alpha value is -3.69. The summed E-state index contributed by atoms with van der Waals surface area (Å²) >= 11 is 0. The van der Waals surface area contributed by atoms with Crippen LogP contribution in [0.3, 0.4) is 0 Å². The highest BCUT2D eigenvalue weighted by molar-refractivity contribution is 5.92. The molecule has 2 heterocycles. The Morgan fingerprint density at radius 3 is 2.41 bits per heavy atom. The van der Waals surface area contributed by atoms with Crippen molar-refractivity contribution in [1.29, 1.82) is 0 Å². The SMILES string of the molecule is CN(C)C=O.Cc1nn(CC(=O)N(C)C)c(C)c1NC(=O)CCc1nc2ccccc2[nH]1. The molecule has 0 radical (unpaired) electrons. The lowest BCUT2D eigenvalue weighted by Gasteiger charge is -2.11. The highest BCUT2D eigenvalue weighted by atomic mass is 16.2. The van der Waals surface area contributed by atoms with E-state index in [0.29, 0.717) is 24.2 Å². The van der Waals surface area contributed by atoms with Crippen molar-refractivity contribution < 1.29 is 14.4 Å². The first kappa shape index (κ1) is 24.6. The number of fused-ring (bicyclic) bond motifs is 1. The van der Waals surface area contributed by atoms with Gasteiger partial charge in [0, 0.05) is 41.0 Å². The molecule has 10 heteroatoms. The quantitative estimate of drug-likeness (QED) is 0.542. The summed E-state index contributed by atoms with van der Waals surface area (Å²) < 4.78 is 1.62. The lowest BCUT2D eigenvalue weighted by molar-refractivity contribution is -0.129. The Bertz CT molecular complexity index is 1050. The van der Waals surface area contributed by atoms with Crippen LogP contribution in [0.15, 0.2) is 24.3 Å². The summed E-state index contributed by atoms with van der Waals surface area (Å²) in [4.78, 5) is 44.4.